The van der Waals surface area contributed by atoms with Crippen molar-refractivity contribution >= 4 is 23.0 Å². The van der Waals surface area contributed by atoms with Gasteiger partial charge >= 0.3 is 0 Å². The number of aliphatic hydroxyl groups is 1. The number of hydrogen-bond donors (Lipinski definition) is 1. The van der Waals surface area contributed by atoms with Crippen LogP contribution in [0.4, 0.5) is 0 Å². The van der Waals surface area contributed by atoms with E-state index in [0.717, 1.165) is 50.5 Å². The van der Waals surface area contributed by atoms with Gasteiger partial charge in [0.2, 0.25) is 5.78 Å². The summed E-state index contributed by atoms with van der Waals surface area (Å²) < 4.78 is 7.10. The highest BCUT2D eigenvalue weighted by atomic mass is 32.1. The lowest BCUT2D eigenvalue weighted by molar-refractivity contribution is -0.129. The van der Waals surface area contributed by atoms with Gasteiger partial charge in [-0.3, -0.25) is 19.2 Å². The molecule has 2 aliphatic heterocycles. The first-order valence-electron chi connectivity index (χ1n) is 10.1. The fraction of sp³-hybridized carbons (Fsp3) is 0.476. The average molecular weight is 431 g/mol. The molecule has 0 saturated carbocycles. The van der Waals surface area contributed by atoms with E-state index in [-0.39, 0.29) is 11.4 Å². The topological polar surface area (TPSA) is 87.9 Å². The Morgan fingerprint density at radius 1 is 1.33 bits per heavy atom. The fourth-order valence-electron chi connectivity index (χ4n) is 4.05. The maximum atomic E-state index is 13.2. The van der Waals surface area contributed by atoms with Crippen LogP contribution in [-0.4, -0.2) is 75.8 Å². The van der Waals surface area contributed by atoms with Crippen LogP contribution in [0.25, 0.3) is 0 Å². The maximum Gasteiger partial charge on any atom is 0.290 e. The first-order valence-corrected chi connectivity index (χ1v) is 11.0. The highest BCUT2D eigenvalue weighted by Crippen LogP contribution is 2.40. The molecule has 0 bridgehead atoms. The maximum absolute atomic E-state index is 13.2. The lowest BCUT2D eigenvalue weighted by Gasteiger charge is -2.29. The standard InChI is InChI=1S/C21H26N4O4S/c1-14-15(13-22-23(14)2)18-17(19(26)16-5-3-12-30-16)20(27)21(28)25(18)7-4-6-24-8-10-29-11-9-24/h3,5,12-13,18,27H,4,6-11H2,1-2H3. The van der Waals surface area contributed by atoms with E-state index in [9.17, 15) is 14.7 Å². The van der Waals surface area contributed by atoms with Crippen molar-refractivity contribution in [2.24, 2.45) is 7.05 Å². The summed E-state index contributed by atoms with van der Waals surface area (Å²) in [4.78, 5) is 30.6. The third-order valence-electron chi connectivity index (χ3n) is 5.84. The van der Waals surface area contributed by atoms with Crippen molar-refractivity contribution < 1.29 is 19.4 Å². The van der Waals surface area contributed by atoms with Crippen molar-refractivity contribution in [3.63, 3.8) is 0 Å². The largest absolute Gasteiger partial charge is 0.503 e. The molecule has 1 unspecified atom stereocenters. The Bertz CT molecular complexity index is 960. The third kappa shape index (κ3) is 3.80. The second-order valence-corrected chi connectivity index (χ2v) is 8.53. The molecule has 8 nitrogen and oxygen atoms in total. The van der Waals surface area contributed by atoms with Crippen LogP contribution >= 0.6 is 11.3 Å². The van der Waals surface area contributed by atoms with Gasteiger partial charge in [0.25, 0.3) is 5.91 Å². The summed E-state index contributed by atoms with van der Waals surface area (Å²) in [5.41, 5.74) is 1.77. The number of hydrogen-bond acceptors (Lipinski definition) is 7. The zero-order valence-electron chi connectivity index (χ0n) is 17.2. The molecule has 160 valence electrons. The summed E-state index contributed by atoms with van der Waals surface area (Å²) in [6, 6.07) is 2.87. The Kier molecular flexibility index (Phi) is 6.03. The van der Waals surface area contributed by atoms with Crippen LogP contribution in [0.2, 0.25) is 0 Å². The fourth-order valence-corrected chi connectivity index (χ4v) is 4.73. The minimum absolute atomic E-state index is 0.143. The monoisotopic (exact) mass is 430 g/mol. The Morgan fingerprint density at radius 3 is 2.73 bits per heavy atom. The number of carbonyl (C=O) groups is 2. The van der Waals surface area contributed by atoms with Crippen LogP contribution in [0, 0.1) is 6.92 Å². The van der Waals surface area contributed by atoms with Gasteiger partial charge in [-0.05, 0) is 24.8 Å². The molecule has 30 heavy (non-hydrogen) atoms. The van der Waals surface area contributed by atoms with Gasteiger partial charge in [-0.25, -0.2) is 0 Å². The SMILES string of the molecule is Cc1c(C2C(C(=O)c3cccs3)=C(O)C(=O)N2CCCN2CCOCC2)cnn1C. The van der Waals surface area contributed by atoms with Crippen molar-refractivity contribution in [3.05, 3.63) is 51.2 Å². The van der Waals surface area contributed by atoms with Crippen molar-refractivity contribution in [3.8, 4) is 0 Å². The van der Waals surface area contributed by atoms with Gasteiger partial charge in [-0.15, -0.1) is 11.3 Å². The van der Waals surface area contributed by atoms with Crippen LogP contribution in [-0.2, 0) is 16.6 Å². The number of aryl methyl sites for hydroxylation is 1. The lowest BCUT2D eigenvalue weighted by Crippen LogP contribution is -2.39. The van der Waals surface area contributed by atoms with E-state index in [1.807, 2.05) is 19.4 Å². The molecular formula is C21H26N4O4S. The molecule has 4 heterocycles. The second-order valence-electron chi connectivity index (χ2n) is 7.59. The van der Waals surface area contributed by atoms with E-state index in [1.54, 1.807) is 27.9 Å². The first kappa shape index (κ1) is 20.8. The molecule has 9 heteroatoms. The van der Waals surface area contributed by atoms with Gasteiger partial charge in [0.05, 0.1) is 35.9 Å². The molecule has 2 aromatic rings. The summed E-state index contributed by atoms with van der Waals surface area (Å²) in [6.45, 7) is 6.39. The molecule has 0 aromatic carbocycles. The highest BCUT2D eigenvalue weighted by Gasteiger charge is 2.44. The number of thiophene rings is 1. The van der Waals surface area contributed by atoms with Crippen molar-refractivity contribution in [1.82, 2.24) is 19.6 Å². The van der Waals surface area contributed by atoms with E-state index in [1.165, 1.54) is 11.3 Å². The predicted octanol–water partition coefficient (Wildman–Crippen LogP) is 2.09. The Hall–Kier alpha value is -2.49. The molecule has 1 saturated heterocycles. The average Bonchev–Trinajstić information content (AvgIpc) is 3.45. The molecule has 0 spiro atoms. The normalized spacial score (nSPS) is 20.4. The number of ether oxygens (including phenoxy) is 1. The van der Waals surface area contributed by atoms with Gasteiger partial charge < -0.3 is 14.7 Å². The zero-order valence-corrected chi connectivity index (χ0v) is 18.0. The minimum Gasteiger partial charge on any atom is -0.503 e. The number of aromatic nitrogens is 2. The second kappa shape index (κ2) is 8.71. The Morgan fingerprint density at radius 2 is 2.10 bits per heavy atom. The van der Waals surface area contributed by atoms with Crippen LogP contribution in [0.3, 0.4) is 0 Å². The van der Waals surface area contributed by atoms with Crippen molar-refractivity contribution in [2.45, 2.75) is 19.4 Å². The summed E-state index contributed by atoms with van der Waals surface area (Å²) in [5, 5.41) is 16.8. The van der Waals surface area contributed by atoms with Crippen LogP contribution in [0.15, 0.2) is 35.0 Å². The highest BCUT2D eigenvalue weighted by molar-refractivity contribution is 7.12. The number of rotatable bonds is 7. The van der Waals surface area contributed by atoms with Gasteiger partial charge in [0.15, 0.2) is 5.76 Å². The molecule has 0 aliphatic carbocycles. The van der Waals surface area contributed by atoms with Crippen molar-refractivity contribution in [2.75, 3.05) is 39.4 Å². The van der Waals surface area contributed by atoms with Gasteiger partial charge in [0.1, 0.15) is 0 Å². The molecule has 1 amide bonds. The molecule has 1 fully saturated rings. The summed E-state index contributed by atoms with van der Waals surface area (Å²) >= 11 is 1.30. The molecule has 2 aliphatic rings. The number of nitrogens with zero attached hydrogens (tertiary/aromatic N) is 4. The molecule has 1 atom stereocenters. The number of morpholine rings is 1. The summed E-state index contributed by atoms with van der Waals surface area (Å²) in [5.74, 6) is -1.25. The molecule has 4 rings (SSSR count). The van der Waals surface area contributed by atoms with Crippen LogP contribution in [0.1, 0.15) is 33.4 Å². The number of aliphatic hydroxyl groups excluding tert-OH is 1. The number of Topliss-reactive ketones (excluding diaryl/α,β-unsaturated/α-hetero) is 1. The van der Waals surface area contributed by atoms with Crippen LogP contribution in [0.5, 0.6) is 0 Å². The van der Waals surface area contributed by atoms with Gasteiger partial charge in [0, 0.05) is 44.5 Å². The first-order chi connectivity index (χ1) is 14.5. The van der Waals surface area contributed by atoms with E-state index < -0.39 is 17.7 Å². The smallest absolute Gasteiger partial charge is 0.290 e. The van der Waals surface area contributed by atoms with Gasteiger partial charge in [-0.1, -0.05) is 6.07 Å². The van der Waals surface area contributed by atoms with Crippen molar-refractivity contribution in [1.29, 1.82) is 0 Å². The Labute approximate surface area is 179 Å². The number of carbonyl (C=O) groups excluding carboxylic acids is 2. The van der Waals surface area contributed by atoms with Gasteiger partial charge in [-0.2, -0.15) is 5.10 Å². The van der Waals surface area contributed by atoms with E-state index in [2.05, 4.69) is 10.00 Å². The Balaban J connectivity index is 1.61. The van der Waals surface area contributed by atoms with E-state index in [4.69, 9.17) is 4.74 Å². The van der Waals surface area contributed by atoms with E-state index in [0.29, 0.717) is 11.4 Å². The molecule has 2 aromatic heterocycles. The molecular weight excluding hydrogens is 404 g/mol. The zero-order chi connectivity index (χ0) is 21.3. The molecule has 1 N–H and O–H groups in total. The summed E-state index contributed by atoms with van der Waals surface area (Å²) in [7, 11) is 1.82. The third-order valence-corrected chi connectivity index (χ3v) is 6.71. The van der Waals surface area contributed by atoms with E-state index >= 15 is 0 Å². The minimum atomic E-state index is -0.634. The van der Waals surface area contributed by atoms with Crippen LogP contribution < -0.4 is 0 Å². The number of amides is 1. The predicted molar refractivity (Wildman–Crippen MR) is 113 cm³/mol. The lowest BCUT2D eigenvalue weighted by atomic mass is 9.96. The number of ketones is 1. The summed E-state index contributed by atoms with van der Waals surface area (Å²) in [6.07, 6.45) is 2.43. The quantitative estimate of drug-likeness (QED) is 0.677. The molecule has 0 radical (unpaired) electrons.